The molecular formula is C23H19N3O2S. The van der Waals surface area contributed by atoms with Gasteiger partial charge in [0.25, 0.3) is 10.0 Å². The molecular weight excluding hydrogens is 382 g/mol. The zero-order valence-corrected chi connectivity index (χ0v) is 16.6. The minimum Gasteiger partial charge on any atom is -0.340 e. The first-order chi connectivity index (χ1) is 14.0. The first kappa shape index (κ1) is 18.8. The highest BCUT2D eigenvalue weighted by Gasteiger charge is 2.14. The number of fused-ring (bicyclic) bond motifs is 1. The predicted molar refractivity (Wildman–Crippen MR) is 117 cm³/mol. The van der Waals surface area contributed by atoms with Gasteiger partial charge >= 0.3 is 0 Å². The van der Waals surface area contributed by atoms with E-state index >= 15 is 0 Å². The zero-order chi connectivity index (χ0) is 20.3. The molecule has 0 saturated heterocycles. The lowest BCUT2D eigenvalue weighted by Gasteiger charge is -2.07. The summed E-state index contributed by atoms with van der Waals surface area (Å²) in [6, 6.07) is 25.7. The van der Waals surface area contributed by atoms with E-state index in [0.717, 1.165) is 22.0 Å². The van der Waals surface area contributed by atoms with Gasteiger partial charge in [-0.3, -0.25) is 0 Å². The smallest absolute Gasteiger partial charge is 0.282 e. The Bertz CT molecular complexity index is 1280. The summed E-state index contributed by atoms with van der Waals surface area (Å²) in [5.74, 6) is 0.688. The highest BCUT2D eigenvalue weighted by molar-refractivity contribution is 7.90. The topological polar surface area (TPSA) is 71.4 Å². The van der Waals surface area contributed by atoms with E-state index in [-0.39, 0.29) is 4.90 Å². The Labute approximate surface area is 169 Å². The molecule has 0 radical (unpaired) electrons. The van der Waals surface area contributed by atoms with Gasteiger partial charge in [0.2, 0.25) is 0 Å². The molecule has 1 aromatic heterocycles. The van der Waals surface area contributed by atoms with Crippen LogP contribution in [0.15, 0.2) is 100 Å². The largest absolute Gasteiger partial charge is 0.340 e. The van der Waals surface area contributed by atoms with Gasteiger partial charge in [-0.05, 0) is 65.7 Å². The summed E-state index contributed by atoms with van der Waals surface area (Å²) in [5, 5.41) is 5.27. The molecule has 0 aliphatic rings. The Morgan fingerprint density at radius 2 is 1.59 bits per heavy atom. The third-order valence-electron chi connectivity index (χ3n) is 4.51. The lowest BCUT2D eigenvalue weighted by atomic mass is 10.1. The number of nitrogens with one attached hydrogen (secondary N) is 1. The van der Waals surface area contributed by atoms with Crippen molar-refractivity contribution in [1.29, 1.82) is 0 Å². The van der Waals surface area contributed by atoms with Gasteiger partial charge in [-0.2, -0.15) is 12.8 Å². The first-order valence-corrected chi connectivity index (χ1v) is 10.5. The summed E-state index contributed by atoms with van der Waals surface area (Å²) in [5.41, 5.74) is 1.98. The van der Waals surface area contributed by atoms with Crippen molar-refractivity contribution in [2.24, 2.45) is 4.40 Å². The lowest BCUT2D eigenvalue weighted by molar-refractivity contribution is 0.598. The number of sulfonamides is 1. The van der Waals surface area contributed by atoms with Gasteiger partial charge in [0.1, 0.15) is 5.82 Å². The molecule has 0 unspecified atom stereocenters. The molecule has 3 aromatic carbocycles. The predicted octanol–water partition coefficient (Wildman–Crippen LogP) is 5.18. The highest BCUT2D eigenvalue weighted by Crippen LogP contribution is 2.21. The van der Waals surface area contributed by atoms with E-state index in [1.165, 1.54) is 12.1 Å². The van der Waals surface area contributed by atoms with Crippen molar-refractivity contribution in [1.82, 2.24) is 4.98 Å². The summed E-state index contributed by atoms with van der Waals surface area (Å²) in [6.07, 6.45) is 1.69. The molecule has 0 atom stereocenters. The summed E-state index contributed by atoms with van der Waals surface area (Å²) < 4.78 is 29.5. The Morgan fingerprint density at radius 1 is 0.862 bits per heavy atom. The van der Waals surface area contributed by atoms with Crippen molar-refractivity contribution >= 4 is 38.0 Å². The average Bonchev–Trinajstić information content (AvgIpc) is 2.74. The summed E-state index contributed by atoms with van der Waals surface area (Å²) >= 11 is 0. The van der Waals surface area contributed by atoms with E-state index in [1.54, 1.807) is 25.3 Å². The molecule has 6 heteroatoms. The fourth-order valence-electron chi connectivity index (χ4n) is 2.99. The Morgan fingerprint density at radius 3 is 2.31 bits per heavy atom. The van der Waals surface area contributed by atoms with Gasteiger partial charge in [0.15, 0.2) is 0 Å². The number of anilines is 2. The van der Waals surface area contributed by atoms with Crippen molar-refractivity contribution in [3.8, 4) is 0 Å². The number of nitrogens with zero attached hydrogens (tertiary/aromatic N) is 2. The van der Waals surface area contributed by atoms with Crippen LogP contribution in [0.2, 0.25) is 0 Å². The number of aromatic nitrogens is 1. The highest BCUT2D eigenvalue weighted by atomic mass is 32.2. The van der Waals surface area contributed by atoms with Crippen LogP contribution in [-0.2, 0) is 10.0 Å². The van der Waals surface area contributed by atoms with Crippen LogP contribution < -0.4 is 5.32 Å². The Balaban J connectivity index is 1.58. The maximum absolute atomic E-state index is 12.7. The SMILES string of the molecule is C/C(=N\S(=O)(=O)c1ccc(Nc2ccccn2)cc1)c1ccc2ccccc2c1. The molecule has 4 aromatic rings. The molecule has 1 heterocycles. The second-order valence-corrected chi connectivity index (χ2v) is 8.18. The Hall–Kier alpha value is -3.51. The number of hydrogen-bond donors (Lipinski definition) is 1. The van der Waals surface area contributed by atoms with E-state index in [1.807, 2.05) is 60.7 Å². The first-order valence-electron chi connectivity index (χ1n) is 9.10. The van der Waals surface area contributed by atoms with Crippen LogP contribution in [0.25, 0.3) is 10.8 Å². The molecule has 29 heavy (non-hydrogen) atoms. The van der Waals surface area contributed by atoms with Crippen LogP contribution in [0.4, 0.5) is 11.5 Å². The molecule has 0 aliphatic heterocycles. The normalized spacial score (nSPS) is 12.1. The minimum atomic E-state index is -3.81. The Kier molecular flexibility index (Phi) is 5.10. The second kappa shape index (κ2) is 7.85. The second-order valence-electron chi connectivity index (χ2n) is 6.58. The van der Waals surface area contributed by atoms with Crippen molar-refractivity contribution in [2.75, 3.05) is 5.32 Å². The quantitative estimate of drug-likeness (QED) is 0.468. The van der Waals surface area contributed by atoms with Crippen molar-refractivity contribution in [3.63, 3.8) is 0 Å². The molecule has 0 fully saturated rings. The minimum absolute atomic E-state index is 0.143. The summed E-state index contributed by atoms with van der Waals surface area (Å²) in [4.78, 5) is 4.33. The van der Waals surface area contributed by atoms with E-state index in [9.17, 15) is 8.42 Å². The van der Waals surface area contributed by atoms with Crippen molar-refractivity contribution in [3.05, 3.63) is 96.7 Å². The summed E-state index contributed by atoms with van der Waals surface area (Å²) in [6.45, 7) is 1.71. The van der Waals surface area contributed by atoms with Gasteiger partial charge in [-0.1, -0.05) is 42.5 Å². The van der Waals surface area contributed by atoms with Crippen LogP contribution in [0.5, 0.6) is 0 Å². The molecule has 0 saturated carbocycles. The van der Waals surface area contributed by atoms with E-state index in [2.05, 4.69) is 14.7 Å². The van der Waals surface area contributed by atoms with Crippen LogP contribution in [0.1, 0.15) is 12.5 Å². The van der Waals surface area contributed by atoms with Crippen molar-refractivity contribution < 1.29 is 8.42 Å². The monoisotopic (exact) mass is 401 g/mol. The van der Waals surface area contributed by atoms with Crippen LogP contribution in [0, 0.1) is 0 Å². The number of rotatable bonds is 5. The zero-order valence-electron chi connectivity index (χ0n) is 15.8. The van der Waals surface area contributed by atoms with Crippen LogP contribution in [0.3, 0.4) is 0 Å². The van der Waals surface area contributed by atoms with Crippen LogP contribution in [-0.4, -0.2) is 19.1 Å². The van der Waals surface area contributed by atoms with E-state index in [4.69, 9.17) is 0 Å². The fourth-order valence-corrected chi connectivity index (χ4v) is 4.05. The fraction of sp³-hybridized carbons (Fsp3) is 0.0435. The molecule has 0 aliphatic carbocycles. The molecule has 144 valence electrons. The van der Waals surface area contributed by atoms with Crippen LogP contribution >= 0.6 is 0 Å². The number of benzene rings is 3. The molecule has 0 spiro atoms. The number of pyridine rings is 1. The van der Waals surface area contributed by atoms with E-state index in [0.29, 0.717) is 11.5 Å². The van der Waals surface area contributed by atoms with Gasteiger partial charge in [-0.25, -0.2) is 4.98 Å². The van der Waals surface area contributed by atoms with Gasteiger partial charge < -0.3 is 5.32 Å². The number of hydrogen-bond acceptors (Lipinski definition) is 4. The van der Waals surface area contributed by atoms with Gasteiger partial charge in [-0.15, -0.1) is 0 Å². The van der Waals surface area contributed by atoms with Gasteiger partial charge in [0, 0.05) is 11.9 Å². The average molecular weight is 401 g/mol. The molecule has 5 nitrogen and oxygen atoms in total. The molecule has 0 amide bonds. The van der Waals surface area contributed by atoms with Gasteiger partial charge in [0.05, 0.1) is 10.6 Å². The maximum Gasteiger partial charge on any atom is 0.282 e. The maximum atomic E-state index is 12.7. The molecule has 1 N–H and O–H groups in total. The standard InChI is InChI=1S/C23H19N3O2S/c1-17(19-10-9-18-6-2-3-7-20(18)16-19)26-29(27,28)22-13-11-21(12-14-22)25-23-8-4-5-15-24-23/h2-16H,1H3,(H,24,25)/b26-17+. The summed E-state index contributed by atoms with van der Waals surface area (Å²) in [7, 11) is -3.81. The lowest BCUT2D eigenvalue weighted by Crippen LogP contribution is -2.03. The molecule has 0 bridgehead atoms. The third kappa shape index (κ3) is 4.33. The third-order valence-corrected chi connectivity index (χ3v) is 5.90. The molecule has 4 rings (SSSR count). The van der Waals surface area contributed by atoms with E-state index < -0.39 is 10.0 Å². The van der Waals surface area contributed by atoms with Crippen molar-refractivity contribution in [2.45, 2.75) is 11.8 Å².